The standard InChI is InChI=1S/2C36H56N2O2.2C2H4O2.2Co/c2*1-31(2,3)25-17-23(29(39)27(19-25)33(7,8)9)21-37-35(13,14)36(15,16)38-22-24-18-26(32(4,5)6)20-28(30(24)40)34(10,11)12;2*1-2(3)4;;/h2*17-22,39-40H,1-16H3;2*1H3,(H,3,4);;. The summed E-state index contributed by atoms with van der Waals surface area (Å²) in [5.41, 5.74) is 7.72. The summed E-state index contributed by atoms with van der Waals surface area (Å²) in [6.45, 7) is 70.2. The van der Waals surface area contributed by atoms with Crippen molar-refractivity contribution in [3.05, 3.63) is 115 Å². The second-order valence-electron chi connectivity index (χ2n) is 34.2. The molecule has 0 saturated carbocycles. The molecular weight excluding hydrogens is 1210 g/mol. The Kier molecular flexibility index (Phi) is 29.5. The minimum Gasteiger partial charge on any atom is -0.507 e. The zero-order chi connectivity index (χ0) is 69.7. The smallest absolute Gasteiger partial charge is 0.300 e. The second kappa shape index (κ2) is 30.6. The maximum atomic E-state index is 11.2. The number of carbonyl (C=O) groups is 2. The van der Waals surface area contributed by atoms with E-state index in [1.807, 2.05) is 24.3 Å². The Balaban J connectivity index is 0. The molecule has 4 aromatic rings. The first-order valence-electron chi connectivity index (χ1n) is 31.0. The molecule has 0 aliphatic carbocycles. The van der Waals surface area contributed by atoms with Gasteiger partial charge >= 0.3 is 0 Å². The van der Waals surface area contributed by atoms with E-state index in [1.54, 1.807) is 24.9 Å². The maximum absolute atomic E-state index is 11.2. The van der Waals surface area contributed by atoms with Gasteiger partial charge in [-0.3, -0.25) is 29.6 Å². The van der Waals surface area contributed by atoms with Crippen molar-refractivity contribution in [3.8, 4) is 23.0 Å². The third kappa shape index (κ3) is 25.0. The van der Waals surface area contributed by atoms with Gasteiger partial charge in [-0.2, -0.15) is 0 Å². The van der Waals surface area contributed by atoms with Gasteiger partial charge in [0, 0.05) is 117 Å². The number of nitrogens with zero attached hydrogens (tertiary/aromatic N) is 4. The number of aromatic hydroxyl groups is 4. The first-order chi connectivity index (χ1) is 38.8. The second-order valence-corrected chi connectivity index (χ2v) is 34.2. The zero-order valence-corrected chi connectivity index (χ0v) is 64.0. The molecule has 0 aliphatic rings. The van der Waals surface area contributed by atoms with Crippen LogP contribution in [0, 0.1) is 0 Å². The quantitative estimate of drug-likeness (QED) is 0.0841. The van der Waals surface area contributed by atoms with Crippen LogP contribution >= 0.6 is 0 Å². The molecule has 90 heavy (non-hydrogen) atoms. The summed E-state index contributed by atoms with van der Waals surface area (Å²) in [4.78, 5) is 38.0. The summed E-state index contributed by atoms with van der Waals surface area (Å²) in [5.74, 6) is -0.556. The van der Waals surface area contributed by atoms with E-state index < -0.39 is 34.1 Å². The first-order valence-corrected chi connectivity index (χ1v) is 31.0. The van der Waals surface area contributed by atoms with Gasteiger partial charge < -0.3 is 30.6 Å². The van der Waals surface area contributed by atoms with E-state index in [4.69, 9.17) is 39.8 Å². The monoisotopic (exact) mass is 1330 g/mol. The number of aliphatic carboxylic acids is 2. The Morgan fingerprint density at radius 1 is 0.278 bits per heavy atom. The molecule has 0 saturated heterocycles. The van der Waals surface area contributed by atoms with Gasteiger partial charge in [-0.05, 0) is 145 Å². The van der Waals surface area contributed by atoms with E-state index in [9.17, 15) is 20.4 Å². The summed E-state index contributed by atoms with van der Waals surface area (Å²) in [7, 11) is 0. The number of aliphatic imine (C=N–C) groups is 4. The SMILES string of the molecule is CC(=O)O.CC(=O)O.CC(C)(C)c1cc(C=NC(C)(C)C(C)(C)N=Cc2cc(C(C)(C)C)cc(C(C)(C)C)c2O)c(O)c(C(C)(C)C)c1.CC(C)(C)c1cc(C=NC(C)(C)C(C)(C)N=Cc2cc(C(C)(C)C)cc(C(C)(C)C)c2O)c(O)c(C(C)(C)C)c1.[Co].[Co]. The molecule has 0 heterocycles. The normalized spacial score (nSPS) is 13.4. The molecule has 4 rings (SSSR count). The Morgan fingerprint density at radius 2 is 0.400 bits per heavy atom. The van der Waals surface area contributed by atoms with E-state index in [0.717, 1.165) is 80.6 Å². The minimum absolute atomic E-state index is 0. The number of hydrogen-bond acceptors (Lipinski definition) is 10. The van der Waals surface area contributed by atoms with Crippen molar-refractivity contribution in [3.63, 3.8) is 0 Å². The molecule has 0 atom stereocenters. The van der Waals surface area contributed by atoms with Crippen LogP contribution in [0.1, 0.15) is 302 Å². The largest absolute Gasteiger partial charge is 0.507 e. The Morgan fingerprint density at radius 3 is 0.500 bits per heavy atom. The first kappa shape index (κ1) is 86.8. The average molecular weight is 1340 g/mol. The van der Waals surface area contributed by atoms with Crippen LogP contribution in [0.4, 0.5) is 0 Å². The van der Waals surface area contributed by atoms with Crippen LogP contribution in [-0.4, -0.2) is 89.6 Å². The molecule has 0 amide bonds. The van der Waals surface area contributed by atoms with Crippen LogP contribution in [0.5, 0.6) is 23.0 Å². The van der Waals surface area contributed by atoms with E-state index >= 15 is 0 Å². The van der Waals surface area contributed by atoms with Crippen molar-refractivity contribution >= 4 is 36.8 Å². The molecule has 2 radical (unpaired) electrons. The number of carboxylic acid groups (broad SMARTS) is 2. The fourth-order valence-corrected chi connectivity index (χ4v) is 8.60. The van der Waals surface area contributed by atoms with Crippen molar-refractivity contribution < 1.29 is 73.8 Å². The molecule has 0 aromatic heterocycles. The fraction of sp³-hybridized carbons (Fsp3) is 0.605. The molecule has 0 spiro atoms. The summed E-state index contributed by atoms with van der Waals surface area (Å²) in [5, 5.41) is 59.8. The van der Waals surface area contributed by atoms with Crippen molar-refractivity contribution in [2.75, 3.05) is 0 Å². The van der Waals surface area contributed by atoms with Crippen molar-refractivity contribution in [1.82, 2.24) is 0 Å². The van der Waals surface area contributed by atoms with Crippen LogP contribution in [-0.2, 0) is 86.5 Å². The molecule has 12 nitrogen and oxygen atoms in total. The predicted octanol–water partition coefficient (Wildman–Crippen LogP) is 18.9. The predicted molar refractivity (Wildman–Crippen MR) is 375 cm³/mol. The fourth-order valence-electron chi connectivity index (χ4n) is 8.60. The van der Waals surface area contributed by atoms with Gasteiger partial charge in [-0.1, -0.05) is 190 Å². The number of phenols is 4. The van der Waals surface area contributed by atoms with E-state index in [-0.39, 0.29) is 99.9 Å². The minimum atomic E-state index is -0.833. The van der Waals surface area contributed by atoms with Crippen LogP contribution in [0.25, 0.3) is 0 Å². The molecule has 0 bridgehead atoms. The molecule has 510 valence electrons. The number of benzene rings is 4. The summed E-state index contributed by atoms with van der Waals surface area (Å²) >= 11 is 0. The number of rotatable bonds is 10. The number of hydrogen-bond donors (Lipinski definition) is 6. The molecule has 4 aromatic carbocycles. The third-order valence-corrected chi connectivity index (χ3v) is 16.4. The van der Waals surface area contributed by atoms with E-state index in [2.05, 4.69) is 246 Å². The van der Waals surface area contributed by atoms with Gasteiger partial charge in [0.25, 0.3) is 11.9 Å². The van der Waals surface area contributed by atoms with Crippen LogP contribution in [0.3, 0.4) is 0 Å². The van der Waals surface area contributed by atoms with Crippen LogP contribution in [0.2, 0.25) is 0 Å². The van der Waals surface area contributed by atoms with Crippen LogP contribution < -0.4 is 0 Å². The van der Waals surface area contributed by atoms with Gasteiger partial charge in [-0.15, -0.1) is 0 Å². The van der Waals surface area contributed by atoms with Crippen LogP contribution in [0.15, 0.2) is 68.5 Å². The Labute approximate surface area is 566 Å². The van der Waals surface area contributed by atoms with Crippen molar-refractivity contribution in [2.24, 2.45) is 20.0 Å². The van der Waals surface area contributed by atoms with E-state index in [1.165, 1.54) is 0 Å². The Hall–Kier alpha value is -5.29. The topological polar surface area (TPSA) is 205 Å². The number of phenolic OH excluding ortho intramolecular Hbond substituents is 4. The summed E-state index contributed by atoms with van der Waals surface area (Å²) < 4.78 is 0. The average Bonchev–Trinajstić information content (AvgIpc) is 3.29. The maximum Gasteiger partial charge on any atom is 0.300 e. The summed E-state index contributed by atoms with van der Waals surface area (Å²) in [6.07, 6.45) is 7.19. The molecule has 0 aliphatic heterocycles. The van der Waals surface area contributed by atoms with Gasteiger partial charge in [0.05, 0.1) is 22.2 Å². The molecule has 0 unspecified atom stereocenters. The summed E-state index contributed by atoms with van der Waals surface area (Å²) in [6, 6.07) is 16.7. The third-order valence-electron chi connectivity index (χ3n) is 16.4. The van der Waals surface area contributed by atoms with Gasteiger partial charge in [0.15, 0.2) is 0 Å². The Bertz CT molecular complexity index is 2790. The van der Waals surface area contributed by atoms with Gasteiger partial charge in [0.1, 0.15) is 23.0 Å². The molecule has 0 fully saturated rings. The molecule has 14 heteroatoms. The van der Waals surface area contributed by atoms with Gasteiger partial charge in [-0.25, -0.2) is 0 Å². The number of carboxylic acids is 2. The van der Waals surface area contributed by atoms with Gasteiger partial charge in [0.2, 0.25) is 0 Å². The molecular formula is C76H120Co2N4O8. The van der Waals surface area contributed by atoms with Crippen molar-refractivity contribution in [1.29, 1.82) is 0 Å². The van der Waals surface area contributed by atoms with Crippen molar-refractivity contribution in [2.45, 2.75) is 301 Å². The zero-order valence-electron chi connectivity index (χ0n) is 61.9. The van der Waals surface area contributed by atoms with E-state index in [0.29, 0.717) is 0 Å². The molecule has 6 N–H and O–H groups in total.